The highest BCUT2D eigenvalue weighted by Gasteiger charge is 2.28. The van der Waals surface area contributed by atoms with E-state index in [0.717, 1.165) is 0 Å². The zero-order valence-electron chi connectivity index (χ0n) is 11.2. The number of nitrogens with zero attached hydrogens (tertiary/aromatic N) is 2. The highest BCUT2D eigenvalue weighted by molar-refractivity contribution is 9.10. The van der Waals surface area contributed by atoms with Gasteiger partial charge < -0.3 is 10.8 Å². The largest absolute Gasteiger partial charge is 0.478 e. The third-order valence-electron chi connectivity index (χ3n) is 3.10. The molecule has 0 saturated carbocycles. The summed E-state index contributed by atoms with van der Waals surface area (Å²) in [5.41, 5.74) is 5.60. The second-order valence-electron chi connectivity index (χ2n) is 4.91. The van der Waals surface area contributed by atoms with Crippen LogP contribution in [0.3, 0.4) is 0 Å². The summed E-state index contributed by atoms with van der Waals surface area (Å²) in [7, 11) is 0. The van der Waals surface area contributed by atoms with Crippen molar-refractivity contribution in [1.29, 1.82) is 0 Å². The van der Waals surface area contributed by atoms with Gasteiger partial charge >= 0.3 is 5.97 Å². The molecule has 1 heterocycles. The Balaban J connectivity index is 2.42. The molecule has 0 fully saturated rings. The van der Waals surface area contributed by atoms with Gasteiger partial charge in [0.15, 0.2) is 0 Å². The molecule has 0 aliphatic heterocycles. The molecule has 110 valence electrons. The van der Waals surface area contributed by atoms with Gasteiger partial charge in [-0.3, -0.25) is 0 Å². The van der Waals surface area contributed by atoms with Crippen molar-refractivity contribution in [2.24, 2.45) is 5.73 Å². The molecule has 2 rings (SSSR count). The quantitative estimate of drug-likeness (QED) is 0.881. The fraction of sp³-hybridized carbons (Fsp3) is 0.214. The number of halogens is 2. The molecule has 0 spiro atoms. The van der Waals surface area contributed by atoms with E-state index in [-0.39, 0.29) is 23.2 Å². The Bertz CT molecular complexity index is 692. The number of hydrogen-bond acceptors (Lipinski definition) is 4. The topological polar surface area (TPSA) is 89.1 Å². The van der Waals surface area contributed by atoms with Gasteiger partial charge in [0.25, 0.3) is 0 Å². The molecule has 1 aromatic heterocycles. The van der Waals surface area contributed by atoms with E-state index < -0.39 is 17.3 Å². The van der Waals surface area contributed by atoms with Gasteiger partial charge in [-0.05, 0) is 25.1 Å². The second kappa shape index (κ2) is 5.87. The van der Waals surface area contributed by atoms with Gasteiger partial charge in [-0.25, -0.2) is 19.2 Å². The lowest BCUT2D eigenvalue weighted by atomic mass is 9.87. The normalized spacial score (nSPS) is 13.7. The number of aromatic nitrogens is 2. The molecular formula is C14H13BrFN3O2. The predicted octanol–water partition coefficient (Wildman–Crippen LogP) is 2.49. The fourth-order valence-electron chi connectivity index (χ4n) is 2.05. The number of carbonyl (C=O) groups is 1. The Hall–Kier alpha value is -1.86. The van der Waals surface area contributed by atoms with Crippen LogP contribution in [0.2, 0.25) is 0 Å². The second-order valence-corrected chi connectivity index (χ2v) is 5.82. The average Bonchev–Trinajstić information content (AvgIpc) is 2.41. The van der Waals surface area contributed by atoms with E-state index in [1.807, 2.05) is 0 Å². The Morgan fingerprint density at radius 1 is 1.52 bits per heavy atom. The van der Waals surface area contributed by atoms with Crippen LogP contribution in [0.25, 0.3) is 0 Å². The summed E-state index contributed by atoms with van der Waals surface area (Å²) in [6, 6.07) is 4.46. The Labute approximate surface area is 129 Å². The van der Waals surface area contributed by atoms with Crippen LogP contribution in [0.5, 0.6) is 0 Å². The van der Waals surface area contributed by atoms with E-state index in [1.54, 1.807) is 19.1 Å². The first-order valence-electron chi connectivity index (χ1n) is 6.08. The van der Waals surface area contributed by atoms with Crippen molar-refractivity contribution < 1.29 is 14.3 Å². The highest BCUT2D eigenvalue weighted by Crippen LogP contribution is 2.28. The minimum atomic E-state index is -1.14. The summed E-state index contributed by atoms with van der Waals surface area (Å²) >= 11 is 3.27. The van der Waals surface area contributed by atoms with E-state index in [9.17, 15) is 9.18 Å². The summed E-state index contributed by atoms with van der Waals surface area (Å²) in [4.78, 5) is 18.8. The van der Waals surface area contributed by atoms with E-state index in [2.05, 4.69) is 25.9 Å². The lowest BCUT2D eigenvalue weighted by Crippen LogP contribution is -2.37. The van der Waals surface area contributed by atoms with Crippen LogP contribution in [0.15, 0.2) is 35.2 Å². The SMILES string of the molecule is C[C@](N)(Cc1ncncc1C(=O)O)c1cc(Br)ccc1F. The van der Waals surface area contributed by atoms with E-state index in [1.165, 1.54) is 18.6 Å². The van der Waals surface area contributed by atoms with Crippen molar-refractivity contribution >= 4 is 21.9 Å². The van der Waals surface area contributed by atoms with Crippen molar-refractivity contribution in [1.82, 2.24) is 9.97 Å². The number of benzene rings is 1. The molecule has 0 aliphatic carbocycles. The molecule has 0 saturated heterocycles. The van der Waals surface area contributed by atoms with Crippen LogP contribution in [0, 0.1) is 5.82 Å². The van der Waals surface area contributed by atoms with Crippen LogP contribution in [-0.4, -0.2) is 21.0 Å². The minimum Gasteiger partial charge on any atom is -0.478 e. The first-order chi connectivity index (χ1) is 9.81. The lowest BCUT2D eigenvalue weighted by molar-refractivity contribution is 0.0694. The molecule has 3 N–H and O–H groups in total. The Morgan fingerprint density at radius 3 is 2.90 bits per heavy atom. The molecule has 1 aromatic carbocycles. The van der Waals surface area contributed by atoms with Crippen LogP contribution >= 0.6 is 15.9 Å². The van der Waals surface area contributed by atoms with Crippen LogP contribution < -0.4 is 5.73 Å². The summed E-state index contributed by atoms with van der Waals surface area (Å²) in [6.07, 6.45) is 2.53. The van der Waals surface area contributed by atoms with Crippen LogP contribution in [0.1, 0.15) is 28.5 Å². The van der Waals surface area contributed by atoms with Gasteiger partial charge in [0.2, 0.25) is 0 Å². The van der Waals surface area contributed by atoms with Crippen LogP contribution in [0.4, 0.5) is 4.39 Å². The number of nitrogens with two attached hydrogens (primary N) is 1. The monoisotopic (exact) mass is 353 g/mol. The third kappa shape index (κ3) is 3.43. The number of carboxylic acids is 1. The van der Waals surface area contributed by atoms with Gasteiger partial charge in [-0.15, -0.1) is 0 Å². The smallest absolute Gasteiger partial charge is 0.339 e. The highest BCUT2D eigenvalue weighted by atomic mass is 79.9. The number of aromatic carboxylic acids is 1. The van der Waals surface area contributed by atoms with E-state index in [4.69, 9.17) is 10.8 Å². The zero-order chi connectivity index (χ0) is 15.6. The number of carboxylic acid groups (broad SMARTS) is 1. The molecule has 5 nitrogen and oxygen atoms in total. The standard InChI is InChI=1S/C14H13BrFN3O2/c1-14(17,10-4-8(15)2-3-11(10)16)5-12-9(13(20)21)6-18-7-19-12/h2-4,6-7H,5,17H2,1H3,(H,20,21)/t14-/m0/s1. The maximum atomic E-state index is 14.0. The van der Waals surface area contributed by atoms with Crippen molar-refractivity contribution in [3.8, 4) is 0 Å². The third-order valence-corrected chi connectivity index (χ3v) is 3.60. The van der Waals surface area contributed by atoms with Gasteiger partial charge in [0.1, 0.15) is 12.1 Å². The molecule has 0 aliphatic rings. The Kier molecular flexibility index (Phi) is 4.34. The van der Waals surface area contributed by atoms with Crippen molar-refractivity contribution in [2.45, 2.75) is 18.9 Å². The molecule has 0 amide bonds. The summed E-state index contributed by atoms with van der Waals surface area (Å²) in [5, 5.41) is 9.13. The average molecular weight is 354 g/mol. The molecule has 2 aromatic rings. The molecule has 0 bridgehead atoms. The Morgan fingerprint density at radius 2 is 2.24 bits per heavy atom. The first kappa shape index (κ1) is 15.5. The van der Waals surface area contributed by atoms with Crippen molar-refractivity contribution in [2.75, 3.05) is 0 Å². The van der Waals surface area contributed by atoms with Gasteiger partial charge in [0.05, 0.1) is 11.3 Å². The van der Waals surface area contributed by atoms with E-state index in [0.29, 0.717) is 4.47 Å². The molecule has 0 unspecified atom stereocenters. The lowest BCUT2D eigenvalue weighted by Gasteiger charge is -2.26. The fourth-order valence-corrected chi connectivity index (χ4v) is 2.41. The van der Waals surface area contributed by atoms with Gasteiger partial charge in [-0.2, -0.15) is 0 Å². The maximum absolute atomic E-state index is 14.0. The number of hydrogen-bond donors (Lipinski definition) is 2. The van der Waals surface area contributed by atoms with Crippen molar-refractivity contribution in [3.63, 3.8) is 0 Å². The number of rotatable bonds is 4. The maximum Gasteiger partial charge on any atom is 0.339 e. The molecule has 0 radical (unpaired) electrons. The molecule has 21 heavy (non-hydrogen) atoms. The summed E-state index contributed by atoms with van der Waals surface area (Å²) < 4.78 is 14.7. The summed E-state index contributed by atoms with van der Waals surface area (Å²) in [6.45, 7) is 1.63. The van der Waals surface area contributed by atoms with Gasteiger partial charge in [-0.1, -0.05) is 15.9 Å². The van der Waals surface area contributed by atoms with Gasteiger partial charge in [0, 0.05) is 28.2 Å². The van der Waals surface area contributed by atoms with Crippen molar-refractivity contribution in [3.05, 3.63) is 57.8 Å². The molecular weight excluding hydrogens is 341 g/mol. The first-order valence-corrected chi connectivity index (χ1v) is 6.87. The predicted molar refractivity (Wildman–Crippen MR) is 78.3 cm³/mol. The zero-order valence-corrected chi connectivity index (χ0v) is 12.8. The minimum absolute atomic E-state index is 0.0374. The molecule has 1 atom stereocenters. The summed E-state index contributed by atoms with van der Waals surface area (Å²) in [5.74, 6) is -1.59. The van der Waals surface area contributed by atoms with Crippen LogP contribution in [-0.2, 0) is 12.0 Å². The van der Waals surface area contributed by atoms with E-state index >= 15 is 0 Å². The molecule has 7 heteroatoms.